The molecule has 1 atom stereocenters. The molecule has 0 amide bonds. The van der Waals surface area contributed by atoms with E-state index >= 15 is 0 Å². The largest absolute Gasteiger partial charge is 0.497 e. The zero-order valence-electron chi connectivity index (χ0n) is 9.15. The van der Waals surface area contributed by atoms with Gasteiger partial charge in [-0.15, -0.1) is 11.6 Å². The minimum Gasteiger partial charge on any atom is -0.497 e. The van der Waals surface area contributed by atoms with Crippen molar-refractivity contribution in [2.45, 2.75) is 11.8 Å². The van der Waals surface area contributed by atoms with Gasteiger partial charge in [0.15, 0.2) is 0 Å². The number of rotatable bonds is 5. The summed E-state index contributed by atoms with van der Waals surface area (Å²) < 4.78 is 0. The number of nitrogens with zero attached hydrogens (tertiary/aromatic N) is 2. The Kier molecular flexibility index (Phi) is 4.22. The molecule has 2 N–H and O–H groups in total. The lowest BCUT2D eigenvalue weighted by Crippen LogP contribution is -2.03. The summed E-state index contributed by atoms with van der Waals surface area (Å²) in [5, 5.41) is 38.1. The van der Waals surface area contributed by atoms with E-state index in [0.717, 1.165) is 12.1 Å². The Morgan fingerprint density at radius 3 is 2.00 bits per heavy atom. The van der Waals surface area contributed by atoms with Gasteiger partial charge in [0.2, 0.25) is 0 Å². The standard InChI is InChI=1S/C9H7ClN2O7/c10-5(3-8(13)14)4-1-6(11(16)17)9(15)7(2-4)12(18)19/h1-2,5,15H,3H2,(H,13,14). The Hall–Kier alpha value is -2.42. The number of carboxylic acids is 1. The summed E-state index contributed by atoms with van der Waals surface area (Å²) >= 11 is 5.70. The number of nitro benzene ring substituents is 2. The molecular weight excluding hydrogens is 284 g/mol. The van der Waals surface area contributed by atoms with E-state index in [2.05, 4.69) is 0 Å². The lowest BCUT2D eigenvalue weighted by molar-refractivity contribution is -0.396. The van der Waals surface area contributed by atoms with Crippen LogP contribution in [0.4, 0.5) is 11.4 Å². The minimum absolute atomic E-state index is 0.125. The number of carboxylic acid groups (broad SMARTS) is 1. The first-order valence-corrected chi connectivity index (χ1v) is 5.19. The molecule has 102 valence electrons. The van der Waals surface area contributed by atoms with Crippen LogP contribution in [0.2, 0.25) is 0 Å². The van der Waals surface area contributed by atoms with Crippen molar-refractivity contribution in [1.29, 1.82) is 0 Å². The molecule has 0 fully saturated rings. The van der Waals surface area contributed by atoms with E-state index in [9.17, 15) is 30.1 Å². The van der Waals surface area contributed by atoms with Crippen LogP contribution in [0.5, 0.6) is 5.75 Å². The fraction of sp³-hybridized carbons (Fsp3) is 0.222. The van der Waals surface area contributed by atoms with Crippen LogP contribution in [0.1, 0.15) is 17.4 Å². The van der Waals surface area contributed by atoms with E-state index in [1.54, 1.807) is 0 Å². The quantitative estimate of drug-likeness (QED) is 0.479. The molecular formula is C9H7ClN2O7. The molecule has 0 bridgehead atoms. The maximum atomic E-state index is 10.7. The molecule has 10 heteroatoms. The van der Waals surface area contributed by atoms with Gasteiger partial charge in [-0.25, -0.2) is 0 Å². The number of hydrogen-bond donors (Lipinski definition) is 2. The van der Waals surface area contributed by atoms with Crippen molar-refractivity contribution in [3.8, 4) is 5.75 Å². The highest BCUT2D eigenvalue weighted by atomic mass is 35.5. The third-order valence-electron chi connectivity index (χ3n) is 2.20. The highest BCUT2D eigenvalue weighted by Crippen LogP contribution is 2.40. The van der Waals surface area contributed by atoms with Crippen LogP contribution in [-0.4, -0.2) is 26.0 Å². The summed E-state index contributed by atoms with van der Waals surface area (Å²) in [6.07, 6.45) is -0.569. The molecule has 0 heterocycles. The molecule has 0 aliphatic heterocycles. The molecule has 0 aliphatic rings. The third kappa shape index (κ3) is 3.28. The maximum absolute atomic E-state index is 10.7. The number of aliphatic carboxylic acids is 1. The van der Waals surface area contributed by atoms with E-state index in [4.69, 9.17) is 16.7 Å². The van der Waals surface area contributed by atoms with Gasteiger partial charge in [-0.2, -0.15) is 0 Å². The minimum atomic E-state index is -1.27. The monoisotopic (exact) mass is 290 g/mol. The van der Waals surface area contributed by atoms with Crippen LogP contribution in [0.3, 0.4) is 0 Å². The molecule has 0 saturated heterocycles. The molecule has 1 aromatic carbocycles. The van der Waals surface area contributed by atoms with E-state index in [1.165, 1.54) is 0 Å². The van der Waals surface area contributed by atoms with E-state index < -0.39 is 44.7 Å². The number of phenols is 1. The first-order valence-electron chi connectivity index (χ1n) is 4.75. The summed E-state index contributed by atoms with van der Waals surface area (Å²) in [6.45, 7) is 0. The number of phenolic OH excluding ortho intramolecular Hbond substituents is 1. The van der Waals surface area contributed by atoms with Gasteiger partial charge in [-0.3, -0.25) is 25.0 Å². The van der Waals surface area contributed by atoms with Crippen molar-refractivity contribution in [2.24, 2.45) is 0 Å². The average molecular weight is 291 g/mol. The summed E-state index contributed by atoms with van der Waals surface area (Å²) in [4.78, 5) is 29.8. The number of alkyl halides is 1. The first-order chi connectivity index (χ1) is 8.73. The van der Waals surface area contributed by atoms with Crippen molar-refractivity contribution < 1.29 is 24.9 Å². The normalized spacial score (nSPS) is 11.8. The lowest BCUT2D eigenvalue weighted by Gasteiger charge is -2.07. The predicted molar refractivity (Wildman–Crippen MR) is 62.3 cm³/mol. The van der Waals surface area contributed by atoms with Gasteiger partial charge in [0.1, 0.15) is 0 Å². The summed E-state index contributed by atoms with van der Waals surface area (Å²) in [5.74, 6) is -2.36. The van der Waals surface area contributed by atoms with Crippen molar-refractivity contribution in [3.63, 3.8) is 0 Å². The molecule has 0 radical (unpaired) electrons. The Bertz CT molecular complexity index is 524. The van der Waals surface area contributed by atoms with Crippen LogP contribution in [-0.2, 0) is 4.79 Å². The van der Waals surface area contributed by atoms with E-state index in [1.807, 2.05) is 0 Å². The zero-order chi connectivity index (χ0) is 14.7. The molecule has 1 rings (SSSR count). The van der Waals surface area contributed by atoms with Crippen molar-refractivity contribution in [1.82, 2.24) is 0 Å². The smallest absolute Gasteiger partial charge is 0.318 e. The van der Waals surface area contributed by atoms with Gasteiger partial charge in [0.25, 0.3) is 5.75 Å². The van der Waals surface area contributed by atoms with Crippen molar-refractivity contribution >= 4 is 28.9 Å². The van der Waals surface area contributed by atoms with Gasteiger partial charge in [0, 0.05) is 12.1 Å². The van der Waals surface area contributed by atoms with Gasteiger partial charge in [-0.1, -0.05) is 0 Å². The van der Waals surface area contributed by atoms with Crippen LogP contribution in [0, 0.1) is 20.2 Å². The Balaban J connectivity index is 3.38. The Morgan fingerprint density at radius 1 is 1.26 bits per heavy atom. The Labute approximate surface area is 110 Å². The number of hydrogen-bond acceptors (Lipinski definition) is 6. The van der Waals surface area contributed by atoms with Gasteiger partial charge in [0.05, 0.1) is 21.6 Å². The molecule has 1 aromatic rings. The van der Waals surface area contributed by atoms with Crippen LogP contribution in [0.25, 0.3) is 0 Å². The van der Waals surface area contributed by atoms with Crippen LogP contribution in [0.15, 0.2) is 12.1 Å². The molecule has 0 aliphatic carbocycles. The molecule has 0 saturated carbocycles. The van der Waals surface area contributed by atoms with Crippen LogP contribution < -0.4 is 0 Å². The highest BCUT2D eigenvalue weighted by Gasteiger charge is 2.28. The molecule has 0 aromatic heterocycles. The van der Waals surface area contributed by atoms with E-state index in [0.29, 0.717) is 0 Å². The molecule has 0 spiro atoms. The first kappa shape index (κ1) is 14.6. The van der Waals surface area contributed by atoms with Crippen molar-refractivity contribution in [2.75, 3.05) is 0 Å². The second kappa shape index (κ2) is 5.48. The van der Waals surface area contributed by atoms with Gasteiger partial charge < -0.3 is 10.2 Å². The summed E-state index contributed by atoms with van der Waals surface area (Å²) in [5.41, 5.74) is -1.93. The maximum Gasteiger partial charge on any atom is 0.318 e. The Morgan fingerprint density at radius 2 is 1.68 bits per heavy atom. The summed E-state index contributed by atoms with van der Waals surface area (Å²) in [7, 11) is 0. The number of nitro groups is 2. The fourth-order valence-electron chi connectivity index (χ4n) is 1.36. The van der Waals surface area contributed by atoms with Gasteiger partial charge in [-0.05, 0) is 5.56 Å². The van der Waals surface area contributed by atoms with Gasteiger partial charge >= 0.3 is 17.3 Å². The van der Waals surface area contributed by atoms with Crippen molar-refractivity contribution in [3.05, 3.63) is 37.9 Å². The number of aromatic hydroxyl groups is 1. The molecule has 1 unspecified atom stereocenters. The SMILES string of the molecule is O=C(O)CC(Cl)c1cc([N+](=O)[O-])c(O)c([N+](=O)[O-])c1. The zero-order valence-corrected chi connectivity index (χ0v) is 9.90. The number of carbonyl (C=O) groups is 1. The second-order valence-electron chi connectivity index (χ2n) is 3.49. The number of halogens is 1. The van der Waals surface area contributed by atoms with Crippen LogP contribution >= 0.6 is 11.6 Å². The fourth-order valence-corrected chi connectivity index (χ4v) is 1.61. The van der Waals surface area contributed by atoms with E-state index in [-0.39, 0.29) is 5.56 Å². The predicted octanol–water partition coefficient (Wildman–Crippen LogP) is 1.96. The molecule has 9 nitrogen and oxygen atoms in total. The topological polar surface area (TPSA) is 144 Å². The third-order valence-corrected chi connectivity index (χ3v) is 2.61. The molecule has 19 heavy (non-hydrogen) atoms. The summed E-state index contributed by atoms with van der Waals surface area (Å²) in [6, 6.07) is 1.62. The average Bonchev–Trinajstić information content (AvgIpc) is 2.27. The number of benzene rings is 1. The second-order valence-corrected chi connectivity index (χ2v) is 4.01. The highest BCUT2D eigenvalue weighted by molar-refractivity contribution is 6.21. The lowest BCUT2D eigenvalue weighted by atomic mass is 10.1.